The van der Waals surface area contributed by atoms with Crippen molar-refractivity contribution in [3.63, 3.8) is 0 Å². The molecular weight excluding hydrogens is 368 g/mol. The Labute approximate surface area is 171 Å². The molecule has 0 radical (unpaired) electrons. The summed E-state index contributed by atoms with van der Waals surface area (Å²) in [5.74, 6) is -0.118. The zero-order valence-electron chi connectivity index (χ0n) is 16.9. The number of amides is 2. The van der Waals surface area contributed by atoms with Crippen LogP contribution < -0.4 is 5.32 Å². The average Bonchev–Trinajstić information content (AvgIpc) is 2.72. The number of hydrogen-bond donors (Lipinski definition) is 1. The summed E-state index contributed by atoms with van der Waals surface area (Å²) in [6, 6.07) is 18.4. The Hall–Kier alpha value is -2.86. The van der Waals surface area contributed by atoms with Crippen LogP contribution in [0.4, 0.5) is 4.79 Å². The first kappa shape index (κ1) is 20.9. The Morgan fingerprint density at radius 3 is 2.14 bits per heavy atom. The molecule has 1 aliphatic heterocycles. The molecule has 6 nitrogen and oxygen atoms in total. The lowest BCUT2D eigenvalue weighted by molar-refractivity contribution is -0.145. The molecule has 154 valence electrons. The topological polar surface area (TPSA) is 67.9 Å². The molecule has 0 saturated carbocycles. The van der Waals surface area contributed by atoms with Crippen molar-refractivity contribution in [3.8, 4) is 0 Å². The Balaban J connectivity index is 1.66. The summed E-state index contributed by atoms with van der Waals surface area (Å²) in [4.78, 5) is 27.4. The highest BCUT2D eigenvalue weighted by molar-refractivity contribution is 5.86. The molecule has 0 aliphatic carbocycles. The largest absolute Gasteiger partial charge is 0.445 e. The Bertz CT molecular complexity index is 787. The summed E-state index contributed by atoms with van der Waals surface area (Å²) in [5, 5.41) is 2.77. The van der Waals surface area contributed by atoms with Crippen molar-refractivity contribution in [2.24, 2.45) is 0 Å². The van der Waals surface area contributed by atoms with Gasteiger partial charge in [0, 0.05) is 19.5 Å². The van der Waals surface area contributed by atoms with E-state index in [0.717, 1.165) is 11.1 Å². The highest BCUT2D eigenvalue weighted by atomic mass is 16.5. The molecule has 0 spiro atoms. The van der Waals surface area contributed by atoms with E-state index in [4.69, 9.17) is 9.47 Å². The van der Waals surface area contributed by atoms with Crippen LogP contribution in [0.1, 0.15) is 25.0 Å². The monoisotopic (exact) mass is 396 g/mol. The number of nitrogens with one attached hydrogen (secondary N) is 1. The van der Waals surface area contributed by atoms with Crippen molar-refractivity contribution in [1.82, 2.24) is 10.2 Å². The first-order valence-corrected chi connectivity index (χ1v) is 9.96. The van der Waals surface area contributed by atoms with Crippen molar-refractivity contribution in [1.29, 1.82) is 0 Å². The Morgan fingerprint density at radius 2 is 1.55 bits per heavy atom. The lowest BCUT2D eigenvalue weighted by atomic mass is 10.0. The standard InChI is InChI=1S/C23H28N2O4/c1-17-14-25(15-18(2)29-17)22(26)21(13-19-9-5-3-6-10-19)24-23(27)28-16-20-11-7-4-8-12-20/h3-12,17-18,21H,13-16H2,1-2H3,(H,24,27). The fourth-order valence-corrected chi connectivity index (χ4v) is 3.54. The normalized spacial score (nSPS) is 20.0. The summed E-state index contributed by atoms with van der Waals surface area (Å²) in [6.07, 6.45) is -0.270. The number of morpholine rings is 1. The van der Waals surface area contributed by atoms with Gasteiger partial charge in [-0.05, 0) is 25.0 Å². The molecule has 2 amide bonds. The lowest BCUT2D eigenvalue weighted by Crippen LogP contribution is -2.55. The van der Waals surface area contributed by atoms with E-state index in [0.29, 0.717) is 19.5 Å². The van der Waals surface area contributed by atoms with Gasteiger partial charge < -0.3 is 19.7 Å². The molecule has 0 aromatic heterocycles. The van der Waals surface area contributed by atoms with Crippen molar-refractivity contribution in [2.45, 2.75) is 45.1 Å². The fourth-order valence-electron chi connectivity index (χ4n) is 3.54. The minimum atomic E-state index is -0.696. The van der Waals surface area contributed by atoms with Gasteiger partial charge in [-0.3, -0.25) is 4.79 Å². The van der Waals surface area contributed by atoms with Crippen LogP contribution in [0.3, 0.4) is 0 Å². The maximum absolute atomic E-state index is 13.2. The Morgan fingerprint density at radius 1 is 1.00 bits per heavy atom. The van der Waals surface area contributed by atoms with Crippen LogP contribution in [0, 0.1) is 0 Å². The van der Waals surface area contributed by atoms with Gasteiger partial charge in [0.25, 0.3) is 0 Å². The predicted octanol–water partition coefficient (Wildman–Crippen LogP) is 3.16. The molecule has 1 heterocycles. The molecule has 2 aromatic carbocycles. The second-order valence-electron chi connectivity index (χ2n) is 7.45. The zero-order chi connectivity index (χ0) is 20.6. The summed E-state index contributed by atoms with van der Waals surface area (Å²) < 4.78 is 11.1. The molecule has 0 bridgehead atoms. The number of rotatable bonds is 6. The minimum absolute atomic E-state index is 0.0369. The number of alkyl carbamates (subject to hydrolysis) is 1. The fraction of sp³-hybridized carbons (Fsp3) is 0.391. The Kier molecular flexibility index (Phi) is 7.25. The van der Waals surface area contributed by atoms with Crippen LogP contribution in [0.2, 0.25) is 0 Å². The van der Waals surface area contributed by atoms with E-state index in [1.165, 1.54) is 0 Å². The van der Waals surface area contributed by atoms with Gasteiger partial charge in [-0.15, -0.1) is 0 Å². The van der Waals surface area contributed by atoms with Gasteiger partial charge in [-0.1, -0.05) is 60.7 Å². The van der Waals surface area contributed by atoms with E-state index < -0.39 is 12.1 Å². The second-order valence-corrected chi connectivity index (χ2v) is 7.45. The van der Waals surface area contributed by atoms with Crippen molar-refractivity contribution < 1.29 is 19.1 Å². The van der Waals surface area contributed by atoms with E-state index in [9.17, 15) is 9.59 Å². The number of carbonyl (C=O) groups is 2. The first-order valence-electron chi connectivity index (χ1n) is 9.96. The SMILES string of the molecule is CC1CN(C(=O)C(Cc2ccccc2)NC(=O)OCc2ccccc2)CC(C)O1. The molecule has 3 unspecified atom stereocenters. The molecule has 1 fully saturated rings. The number of hydrogen-bond acceptors (Lipinski definition) is 4. The molecule has 2 aromatic rings. The molecule has 1 N–H and O–H groups in total. The van der Waals surface area contributed by atoms with Crippen LogP contribution in [0.25, 0.3) is 0 Å². The van der Waals surface area contributed by atoms with E-state index >= 15 is 0 Å². The first-order chi connectivity index (χ1) is 14.0. The maximum Gasteiger partial charge on any atom is 0.408 e. The van der Waals surface area contributed by atoms with E-state index in [-0.39, 0.29) is 24.7 Å². The molecule has 29 heavy (non-hydrogen) atoms. The highest BCUT2D eigenvalue weighted by Gasteiger charge is 2.32. The lowest BCUT2D eigenvalue weighted by Gasteiger charge is -2.37. The molecule has 1 aliphatic rings. The van der Waals surface area contributed by atoms with Gasteiger partial charge >= 0.3 is 6.09 Å². The van der Waals surface area contributed by atoms with Crippen LogP contribution in [-0.2, 0) is 27.3 Å². The van der Waals surface area contributed by atoms with Gasteiger partial charge in [-0.2, -0.15) is 0 Å². The van der Waals surface area contributed by atoms with Crippen molar-refractivity contribution in [2.75, 3.05) is 13.1 Å². The summed E-state index contributed by atoms with van der Waals surface area (Å²) in [6.45, 7) is 5.07. The quantitative estimate of drug-likeness (QED) is 0.814. The minimum Gasteiger partial charge on any atom is -0.445 e. The number of carbonyl (C=O) groups excluding carboxylic acids is 2. The van der Waals surface area contributed by atoms with Gasteiger partial charge in [0.15, 0.2) is 0 Å². The number of benzene rings is 2. The molecular formula is C23H28N2O4. The van der Waals surface area contributed by atoms with Crippen molar-refractivity contribution >= 4 is 12.0 Å². The smallest absolute Gasteiger partial charge is 0.408 e. The third-order valence-corrected chi connectivity index (χ3v) is 4.82. The van der Waals surface area contributed by atoms with Gasteiger partial charge in [0.2, 0.25) is 5.91 Å². The van der Waals surface area contributed by atoms with Gasteiger partial charge in [-0.25, -0.2) is 4.79 Å². The molecule has 3 rings (SSSR count). The maximum atomic E-state index is 13.2. The highest BCUT2D eigenvalue weighted by Crippen LogP contribution is 2.14. The third-order valence-electron chi connectivity index (χ3n) is 4.82. The number of ether oxygens (including phenoxy) is 2. The number of nitrogens with zero attached hydrogens (tertiary/aromatic N) is 1. The average molecular weight is 396 g/mol. The van der Waals surface area contributed by atoms with E-state index in [1.807, 2.05) is 74.5 Å². The molecule has 6 heteroatoms. The van der Waals surface area contributed by atoms with Gasteiger partial charge in [0.05, 0.1) is 12.2 Å². The zero-order valence-corrected chi connectivity index (χ0v) is 16.9. The summed E-state index contributed by atoms with van der Waals surface area (Å²) in [7, 11) is 0. The van der Waals surface area contributed by atoms with Crippen LogP contribution in [-0.4, -0.2) is 48.2 Å². The molecule has 3 atom stereocenters. The molecule has 1 saturated heterocycles. The van der Waals surface area contributed by atoms with E-state index in [2.05, 4.69) is 5.32 Å². The summed E-state index contributed by atoms with van der Waals surface area (Å²) in [5.41, 5.74) is 1.87. The predicted molar refractivity (Wildman–Crippen MR) is 110 cm³/mol. The third kappa shape index (κ3) is 6.32. The van der Waals surface area contributed by atoms with E-state index in [1.54, 1.807) is 4.90 Å². The van der Waals surface area contributed by atoms with Crippen LogP contribution in [0.5, 0.6) is 0 Å². The second kappa shape index (κ2) is 10.1. The van der Waals surface area contributed by atoms with Crippen LogP contribution >= 0.6 is 0 Å². The summed E-state index contributed by atoms with van der Waals surface area (Å²) >= 11 is 0. The van der Waals surface area contributed by atoms with Crippen molar-refractivity contribution in [3.05, 3.63) is 71.8 Å². The van der Waals surface area contributed by atoms with Gasteiger partial charge in [0.1, 0.15) is 12.6 Å². The van der Waals surface area contributed by atoms with Crippen LogP contribution in [0.15, 0.2) is 60.7 Å².